The minimum absolute atomic E-state index is 0.260. The Balaban J connectivity index is 4.05. The Morgan fingerprint density at radius 1 is 1.08 bits per heavy atom. The van der Waals surface area contributed by atoms with Crippen LogP contribution in [-0.4, -0.2) is 50.2 Å². The summed E-state index contributed by atoms with van der Waals surface area (Å²) < 4.78 is 5.82. The average molecular weight is 339 g/mol. The topological polar surface area (TPSA) is 66.4 Å². The van der Waals surface area contributed by atoms with Crippen molar-refractivity contribution in [3.05, 3.63) is 24.3 Å². The van der Waals surface area contributed by atoms with E-state index in [2.05, 4.69) is 13.0 Å². The van der Waals surface area contributed by atoms with Gasteiger partial charge in [-0.05, 0) is 19.3 Å². The van der Waals surface area contributed by atoms with Gasteiger partial charge in [0.2, 0.25) is 0 Å². The molecule has 0 heterocycles. The average Bonchev–Trinajstić information content (AvgIpc) is 2.42. The Kier molecular flexibility index (Phi) is 11.9. The van der Waals surface area contributed by atoms with E-state index in [1.807, 2.05) is 39.4 Å². The van der Waals surface area contributed by atoms with E-state index in [1.165, 1.54) is 12.8 Å². The van der Waals surface area contributed by atoms with E-state index < -0.39 is 12.1 Å². The smallest absolute Gasteiger partial charge is 0.306 e. The molecule has 0 spiro atoms. The van der Waals surface area contributed by atoms with Gasteiger partial charge in [0.15, 0.2) is 6.10 Å². The first-order valence-corrected chi connectivity index (χ1v) is 8.76. The van der Waals surface area contributed by atoms with Gasteiger partial charge in [0.1, 0.15) is 6.54 Å². The number of esters is 1. The number of carboxylic acids is 1. The molecule has 5 heteroatoms. The molecule has 1 atom stereocenters. The molecule has 0 fully saturated rings. The van der Waals surface area contributed by atoms with Crippen molar-refractivity contribution in [2.24, 2.45) is 0 Å². The Morgan fingerprint density at radius 2 is 1.67 bits per heavy atom. The van der Waals surface area contributed by atoms with Gasteiger partial charge in [-0.25, -0.2) is 0 Å². The summed E-state index contributed by atoms with van der Waals surface area (Å²) in [6.07, 6.45) is 12.6. The molecule has 0 aliphatic carbocycles. The number of hydrogen-bond acceptors (Lipinski definition) is 4. The van der Waals surface area contributed by atoms with Gasteiger partial charge in [0, 0.05) is 18.8 Å². The van der Waals surface area contributed by atoms with Gasteiger partial charge in [-0.1, -0.05) is 44.1 Å². The van der Waals surface area contributed by atoms with Crippen molar-refractivity contribution in [2.45, 2.75) is 58.0 Å². The number of carboxylic acid groups (broad SMARTS) is 1. The molecule has 0 radical (unpaired) electrons. The zero-order chi connectivity index (χ0) is 18.4. The maximum Gasteiger partial charge on any atom is 0.306 e. The molecule has 0 aromatic carbocycles. The number of quaternary nitrogens is 1. The number of unbranched alkanes of at least 4 members (excludes halogenated alkanes) is 3. The Hall–Kier alpha value is -1.62. The van der Waals surface area contributed by atoms with E-state index >= 15 is 0 Å². The Labute approximate surface area is 146 Å². The highest BCUT2D eigenvalue weighted by Crippen LogP contribution is 2.08. The van der Waals surface area contributed by atoms with E-state index in [0.29, 0.717) is 23.9 Å². The highest BCUT2D eigenvalue weighted by molar-refractivity contribution is 5.70. The van der Waals surface area contributed by atoms with Crippen LogP contribution in [0.4, 0.5) is 0 Å². The standard InChI is InChI=1S/C19H33NO4/c1-5-6-7-8-9-10-11-12-13-14-19(23)24-17(15-18(21)22)16-20(2,3)4/h8-11,17H,5-7,12-16H2,1-4H3/b9-8+,11-10+. The lowest BCUT2D eigenvalue weighted by molar-refractivity contribution is -0.873. The first kappa shape index (κ1) is 22.4. The summed E-state index contributed by atoms with van der Waals surface area (Å²) in [6, 6.07) is 0. The van der Waals surface area contributed by atoms with Crippen molar-refractivity contribution in [2.75, 3.05) is 27.7 Å². The minimum Gasteiger partial charge on any atom is -0.550 e. The molecule has 5 nitrogen and oxygen atoms in total. The van der Waals surface area contributed by atoms with Gasteiger partial charge in [-0.3, -0.25) is 4.79 Å². The monoisotopic (exact) mass is 339 g/mol. The highest BCUT2D eigenvalue weighted by Gasteiger charge is 2.22. The summed E-state index contributed by atoms with van der Waals surface area (Å²) in [6.45, 7) is 2.61. The van der Waals surface area contributed by atoms with E-state index in [1.54, 1.807) is 0 Å². The number of hydrogen-bond donors (Lipinski definition) is 0. The number of allylic oxidation sites excluding steroid dienone is 4. The van der Waals surface area contributed by atoms with Crippen LogP contribution in [0.5, 0.6) is 0 Å². The molecule has 0 saturated carbocycles. The lowest BCUT2D eigenvalue weighted by atomic mass is 10.2. The van der Waals surface area contributed by atoms with E-state index in [-0.39, 0.29) is 12.4 Å². The van der Waals surface area contributed by atoms with Gasteiger partial charge >= 0.3 is 5.97 Å². The van der Waals surface area contributed by atoms with Crippen molar-refractivity contribution in [3.63, 3.8) is 0 Å². The van der Waals surface area contributed by atoms with Crippen LogP contribution in [0, 0.1) is 0 Å². The molecule has 0 saturated heterocycles. The van der Waals surface area contributed by atoms with E-state index in [4.69, 9.17) is 4.74 Å². The van der Waals surface area contributed by atoms with Crippen molar-refractivity contribution in [3.8, 4) is 0 Å². The SMILES string of the molecule is CCCC/C=C/C=C/CCCC(=O)OC(CC(=O)[O-])C[N+](C)(C)C. The van der Waals surface area contributed by atoms with Crippen LogP contribution in [0.25, 0.3) is 0 Å². The van der Waals surface area contributed by atoms with Crippen LogP contribution in [0.2, 0.25) is 0 Å². The van der Waals surface area contributed by atoms with Gasteiger partial charge in [-0.15, -0.1) is 0 Å². The van der Waals surface area contributed by atoms with Gasteiger partial charge in [-0.2, -0.15) is 0 Å². The van der Waals surface area contributed by atoms with Crippen LogP contribution in [0.15, 0.2) is 24.3 Å². The second-order valence-corrected chi connectivity index (χ2v) is 7.05. The third kappa shape index (κ3) is 15.3. The van der Waals surface area contributed by atoms with E-state index in [9.17, 15) is 14.7 Å². The first-order chi connectivity index (χ1) is 11.2. The third-order valence-corrected chi connectivity index (χ3v) is 3.30. The third-order valence-electron chi connectivity index (χ3n) is 3.30. The molecule has 0 N–H and O–H groups in total. The van der Waals surface area contributed by atoms with Crippen molar-refractivity contribution in [1.82, 2.24) is 0 Å². The molecule has 0 bridgehead atoms. The molecule has 24 heavy (non-hydrogen) atoms. The fourth-order valence-corrected chi connectivity index (χ4v) is 2.22. The molecule has 0 aromatic rings. The normalized spacial score (nSPS) is 13.5. The summed E-state index contributed by atoms with van der Waals surface area (Å²) >= 11 is 0. The number of carbonyl (C=O) groups excluding carboxylic acids is 2. The van der Waals surface area contributed by atoms with Gasteiger partial charge < -0.3 is 19.1 Å². The minimum atomic E-state index is -1.20. The number of carbonyl (C=O) groups is 2. The van der Waals surface area contributed by atoms with Crippen LogP contribution < -0.4 is 5.11 Å². The predicted octanol–water partition coefficient (Wildman–Crippen LogP) is 2.22. The summed E-state index contributed by atoms with van der Waals surface area (Å²) in [5, 5.41) is 10.8. The quantitative estimate of drug-likeness (QED) is 0.223. The fourth-order valence-electron chi connectivity index (χ4n) is 2.22. The fraction of sp³-hybridized carbons (Fsp3) is 0.684. The van der Waals surface area contributed by atoms with Crippen molar-refractivity contribution >= 4 is 11.9 Å². The van der Waals surface area contributed by atoms with Crippen LogP contribution in [-0.2, 0) is 14.3 Å². The number of rotatable bonds is 13. The van der Waals surface area contributed by atoms with Crippen molar-refractivity contribution < 1.29 is 23.9 Å². The number of ether oxygens (including phenoxy) is 1. The molecule has 0 aliphatic heterocycles. The molecule has 0 rings (SSSR count). The lowest BCUT2D eigenvalue weighted by Gasteiger charge is -2.29. The predicted molar refractivity (Wildman–Crippen MR) is 94.1 cm³/mol. The molecule has 0 aromatic heterocycles. The zero-order valence-corrected chi connectivity index (χ0v) is 15.6. The van der Waals surface area contributed by atoms with Gasteiger partial charge in [0.25, 0.3) is 0 Å². The lowest BCUT2D eigenvalue weighted by Crippen LogP contribution is -2.45. The van der Waals surface area contributed by atoms with Crippen molar-refractivity contribution in [1.29, 1.82) is 0 Å². The molecule has 1 unspecified atom stereocenters. The second-order valence-electron chi connectivity index (χ2n) is 7.05. The maximum atomic E-state index is 11.8. The Morgan fingerprint density at radius 3 is 2.17 bits per heavy atom. The number of nitrogens with zero attached hydrogens (tertiary/aromatic N) is 1. The van der Waals surface area contributed by atoms with Gasteiger partial charge in [0.05, 0.1) is 21.1 Å². The molecular formula is C19H33NO4. The largest absolute Gasteiger partial charge is 0.550 e. The Bertz CT molecular complexity index is 422. The molecule has 0 aliphatic rings. The summed E-state index contributed by atoms with van der Waals surface area (Å²) in [7, 11) is 5.78. The van der Waals surface area contributed by atoms with Crippen LogP contribution >= 0.6 is 0 Å². The highest BCUT2D eigenvalue weighted by atomic mass is 16.5. The van der Waals surface area contributed by atoms with Crippen LogP contribution in [0.3, 0.4) is 0 Å². The first-order valence-electron chi connectivity index (χ1n) is 8.76. The summed E-state index contributed by atoms with van der Waals surface area (Å²) in [4.78, 5) is 22.6. The number of likely N-dealkylation sites (N-methyl/N-ethyl adjacent to an activating group) is 1. The molecule has 0 amide bonds. The van der Waals surface area contributed by atoms with E-state index in [0.717, 1.165) is 12.8 Å². The second kappa shape index (κ2) is 12.8. The zero-order valence-electron chi connectivity index (χ0n) is 15.6. The summed E-state index contributed by atoms with van der Waals surface area (Å²) in [5.41, 5.74) is 0. The number of aliphatic carboxylic acids is 1. The molecular weight excluding hydrogens is 306 g/mol. The molecule has 138 valence electrons. The summed E-state index contributed by atoms with van der Waals surface area (Å²) in [5.74, 6) is -1.54. The van der Waals surface area contributed by atoms with Crippen LogP contribution in [0.1, 0.15) is 51.9 Å². The maximum absolute atomic E-state index is 11.8.